The van der Waals surface area contributed by atoms with Crippen molar-refractivity contribution in [1.82, 2.24) is 0 Å². The second kappa shape index (κ2) is 10.2. The second-order valence-corrected chi connectivity index (χ2v) is 4.60. The maximum atomic E-state index is 11.5. The van der Waals surface area contributed by atoms with Gasteiger partial charge in [-0.25, -0.2) is 0 Å². The Morgan fingerprint density at radius 3 is 1.95 bits per heavy atom. The average molecular weight is 282 g/mol. The Morgan fingerprint density at radius 2 is 1.55 bits per heavy atom. The van der Waals surface area contributed by atoms with Crippen molar-refractivity contribution >= 4 is 11.9 Å². The van der Waals surface area contributed by atoms with Gasteiger partial charge in [-0.15, -0.1) is 0 Å². The van der Waals surface area contributed by atoms with Crippen LogP contribution >= 0.6 is 0 Å². The smallest absolute Gasteiger partial charge is 0.320 e. The fourth-order valence-electron chi connectivity index (χ4n) is 1.90. The van der Waals surface area contributed by atoms with Crippen molar-refractivity contribution in [2.45, 2.75) is 46.5 Å². The Morgan fingerprint density at radius 1 is 1.00 bits per heavy atom. The summed E-state index contributed by atoms with van der Waals surface area (Å²) in [4.78, 5) is 23.0. The van der Waals surface area contributed by atoms with Crippen LogP contribution in [0.25, 0.3) is 0 Å². The minimum atomic E-state index is -0.873. The van der Waals surface area contributed by atoms with Gasteiger partial charge in [0.25, 0.3) is 0 Å². The Bertz CT molecular complexity index is 364. The molecule has 0 aromatic carbocycles. The first-order valence-electron chi connectivity index (χ1n) is 6.99. The maximum Gasteiger partial charge on any atom is 0.320 e. The first kappa shape index (κ1) is 18.4. The number of hydrogen-bond acceptors (Lipinski definition) is 4. The molecule has 0 aliphatic rings. The molecule has 0 unspecified atom stereocenters. The maximum absolute atomic E-state index is 11.5. The molecule has 0 atom stereocenters. The van der Waals surface area contributed by atoms with Crippen molar-refractivity contribution < 1.29 is 19.1 Å². The average Bonchev–Trinajstić information content (AvgIpc) is 2.48. The third kappa shape index (κ3) is 6.04. The van der Waals surface area contributed by atoms with Crippen LogP contribution in [-0.4, -0.2) is 26.2 Å². The van der Waals surface area contributed by atoms with Gasteiger partial charge in [0, 0.05) is 0 Å². The molecule has 0 aliphatic carbocycles. The van der Waals surface area contributed by atoms with E-state index in [1.54, 1.807) is 0 Å². The summed E-state index contributed by atoms with van der Waals surface area (Å²) in [5, 5.41) is 0. The minimum Gasteiger partial charge on any atom is -0.468 e. The number of esters is 2. The molecule has 0 heterocycles. The highest BCUT2D eigenvalue weighted by molar-refractivity contribution is 5.94. The molecule has 0 rings (SSSR count). The van der Waals surface area contributed by atoms with Gasteiger partial charge < -0.3 is 9.47 Å². The van der Waals surface area contributed by atoms with E-state index in [0.717, 1.165) is 19.3 Å². The van der Waals surface area contributed by atoms with Crippen molar-refractivity contribution in [2.24, 2.45) is 5.92 Å². The highest BCUT2D eigenvalue weighted by atomic mass is 16.5. The summed E-state index contributed by atoms with van der Waals surface area (Å²) in [6.07, 6.45) is 7.06. The largest absolute Gasteiger partial charge is 0.468 e. The van der Waals surface area contributed by atoms with Gasteiger partial charge in [0.15, 0.2) is 5.92 Å². The number of rotatable bonds is 8. The molecule has 0 radical (unpaired) electrons. The van der Waals surface area contributed by atoms with Crippen molar-refractivity contribution in [3.05, 3.63) is 23.3 Å². The highest BCUT2D eigenvalue weighted by Gasteiger charge is 2.26. The van der Waals surface area contributed by atoms with Crippen LogP contribution in [0.4, 0.5) is 0 Å². The predicted molar refractivity (Wildman–Crippen MR) is 79.2 cm³/mol. The van der Waals surface area contributed by atoms with Gasteiger partial charge in [0.05, 0.1) is 14.2 Å². The number of methoxy groups -OCH3 is 2. The van der Waals surface area contributed by atoms with Gasteiger partial charge in [-0.1, -0.05) is 37.1 Å². The van der Waals surface area contributed by atoms with Crippen LogP contribution in [-0.2, 0) is 19.1 Å². The van der Waals surface area contributed by atoms with Gasteiger partial charge in [-0.2, -0.15) is 0 Å². The predicted octanol–water partition coefficient (Wildman–Crippen LogP) is 3.42. The lowest BCUT2D eigenvalue weighted by Crippen LogP contribution is -2.25. The molecule has 0 saturated heterocycles. The number of hydrogen-bond donors (Lipinski definition) is 0. The first-order valence-corrected chi connectivity index (χ1v) is 6.99. The second-order valence-electron chi connectivity index (χ2n) is 4.60. The summed E-state index contributed by atoms with van der Waals surface area (Å²) in [6, 6.07) is 0. The van der Waals surface area contributed by atoms with E-state index in [1.807, 2.05) is 12.2 Å². The van der Waals surface area contributed by atoms with Crippen LogP contribution < -0.4 is 0 Å². The van der Waals surface area contributed by atoms with Gasteiger partial charge in [0.1, 0.15) is 0 Å². The van der Waals surface area contributed by atoms with E-state index in [-0.39, 0.29) is 0 Å². The molecule has 20 heavy (non-hydrogen) atoms. The monoisotopic (exact) mass is 282 g/mol. The van der Waals surface area contributed by atoms with E-state index >= 15 is 0 Å². The molecule has 0 aromatic heterocycles. The number of allylic oxidation sites excluding steroid dienone is 4. The van der Waals surface area contributed by atoms with Crippen LogP contribution in [0.3, 0.4) is 0 Å². The lowest BCUT2D eigenvalue weighted by molar-refractivity contribution is -0.158. The fraction of sp³-hybridized carbons (Fsp3) is 0.625. The summed E-state index contributed by atoms with van der Waals surface area (Å²) >= 11 is 0. The van der Waals surface area contributed by atoms with Crippen LogP contribution in [0.2, 0.25) is 0 Å². The Kier molecular flexibility index (Phi) is 9.43. The number of carbonyl (C=O) groups excluding carboxylic acids is 2. The van der Waals surface area contributed by atoms with Gasteiger partial charge in [-0.05, 0) is 32.6 Å². The topological polar surface area (TPSA) is 52.6 Å². The molecular formula is C16H26O4. The third-order valence-electron chi connectivity index (χ3n) is 3.43. The number of carbonyl (C=O) groups is 2. The minimum absolute atomic E-state index is 0.307. The third-order valence-corrected chi connectivity index (χ3v) is 3.43. The van der Waals surface area contributed by atoms with E-state index in [1.165, 1.54) is 25.4 Å². The summed E-state index contributed by atoms with van der Waals surface area (Å²) in [5.41, 5.74) is 2.80. The summed E-state index contributed by atoms with van der Waals surface area (Å²) in [5.74, 6) is -1.99. The molecule has 4 nitrogen and oxygen atoms in total. The van der Waals surface area contributed by atoms with Gasteiger partial charge in [0.2, 0.25) is 0 Å². The normalized spacial score (nSPS) is 12.5. The Hall–Kier alpha value is -1.58. The zero-order chi connectivity index (χ0) is 15.5. The molecule has 0 saturated carbocycles. The summed E-state index contributed by atoms with van der Waals surface area (Å²) < 4.78 is 9.21. The molecular weight excluding hydrogens is 256 g/mol. The summed E-state index contributed by atoms with van der Waals surface area (Å²) in [6.45, 7) is 6.41. The standard InChI is InChI=1S/C16H26O4/c1-6-12(3)13(7-2)10-8-9-11-14(15(17)19-4)16(18)20-5/h8-9,14H,6-7,10-11H2,1-5H3/b9-8+,13-12+. The molecule has 0 fully saturated rings. The molecule has 0 aliphatic heterocycles. The van der Waals surface area contributed by atoms with Gasteiger partial charge >= 0.3 is 11.9 Å². The number of ether oxygens (including phenoxy) is 2. The Balaban J connectivity index is 4.60. The summed E-state index contributed by atoms with van der Waals surface area (Å²) in [7, 11) is 2.54. The van der Waals surface area contributed by atoms with Crippen LogP contribution in [0.15, 0.2) is 23.3 Å². The van der Waals surface area contributed by atoms with E-state index in [9.17, 15) is 9.59 Å². The SMILES string of the molecule is CC/C(C)=C(\CC)C/C=C/CC(C(=O)OC)C(=O)OC. The Labute approximate surface area is 121 Å². The zero-order valence-electron chi connectivity index (χ0n) is 13.2. The van der Waals surface area contributed by atoms with Gasteiger partial charge in [-0.3, -0.25) is 9.59 Å². The fourth-order valence-corrected chi connectivity index (χ4v) is 1.90. The van der Waals surface area contributed by atoms with E-state index in [2.05, 4.69) is 30.2 Å². The first-order chi connectivity index (χ1) is 9.51. The van der Waals surface area contributed by atoms with Crippen LogP contribution in [0, 0.1) is 5.92 Å². The van der Waals surface area contributed by atoms with E-state index < -0.39 is 17.9 Å². The molecule has 0 N–H and O–H groups in total. The molecule has 0 aromatic rings. The molecule has 0 bridgehead atoms. The molecule has 0 amide bonds. The highest BCUT2D eigenvalue weighted by Crippen LogP contribution is 2.17. The molecule has 4 heteroatoms. The quantitative estimate of drug-likeness (QED) is 0.389. The van der Waals surface area contributed by atoms with Crippen molar-refractivity contribution in [3.8, 4) is 0 Å². The van der Waals surface area contributed by atoms with E-state index in [0.29, 0.717) is 6.42 Å². The molecule has 0 spiro atoms. The lowest BCUT2D eigenvalue weighted by Gasteiger charge is -2.10. The van der Waals surface area contributed by atoms with Crippen molar-refractivity contribution in [1.29, 1.82) is 0 Å². The zero-order valence-corrected chi connectivity index (χ0v) is 13.2. The van der Waals surface area contributed by atoms with E-state index in [4.69, 9.17) is 0 Å². The van der Waals surface area contributed by atoms with Crippen molar-refractivity contribution in [3.63, 3.8) is 0 Å². The molecule has 114 valence electrons. The van der Waals surface area contributed by atoms with Crippen LogP contribution in [0.1, 0.15) is 46.5 Å². The van der Waals surface area contributed by atoms with Crippen molar-refractivity contribution in [2.75, 3.05) is 14.2 Å². The lowest BCUT2D eigenvalue weighted by atomic mass is 10.0. The van der Waals surface area contributed by atoms with Crippen LogP contribution in [0.5, 0.6) is 0 Å².